The maximum atomic E-state index is 12.5. The number of nitriles is 1. The summed E-state index contributed by atoms with van der Waals surface area (Å²) in [5.74, 6) is -0.0908. The van der Waals surface area contributed by atoms with Crippen molar-refractivity contribution in [1.82, 2.24) is 9.62 Å². The summed E-state index contributed by atoms with van der Waals surface area (Å²) in [5.41, 5.74) is 1.74. The lowest BCUT2D eigenvalue weighted by atomic mass is 10.1. The van der Waals surface area contributed by atoms with E-state index in [0.29, 0.717) is 41.4 Å². The average Bonchev–Trinajstić information content (AvgIpc) is 3.34. The van der Waals surface area contributed by atoms with Crippen LogP contribution < -0.4 is 10.0 Å². The Bertz CT molecular complexity index is 1130. The molecule has 1 amide bonds. The summed E-state index contributed by atoms with van der Waals surface area (Å²) < 4.78 is 27.9. The van der Waals surface area contributed by atoms with Crippen LogP contribution in [-0.2, 0) is 27.7 Å². The predicted molar refractivity (Wildman–Crippen MR) is 126 cm³/mol. The Hall–Kier alpha value is -1.96. The number of rotatable bonds is 7. The third kappa shape index (κ3) is 5.33. The molecule has 1 aliphatic heterocycles. The topological polar surface area (TPSA) is 102 Å². The van der Waals surface area contributed by atoms with E-state index in [1.54, 1.807) is 12.1 Å². The van der Waals surface area contributed by atoms with Gasteiger partial charge >= 0.3 is 0 Å². The Kier molecular flexibility index (Phi) is 7.17. The molecule has 10 heteroatoms. The predicted octanol–water partition coefficient (Wildman–Crippen LogP) is 3.53. The number of anilines is 1. The normalized spacial score (nSPS) is 17.1. The van der Waals surface area contributed by atoms with Crippen molar-refractivity contribution in [3.05, 3.63) is 45.3 Å². The zero-order valence-electron chi connectivity index (χ0n) is 17.6. The van der Waals surface area contributed by atoms with Crippen molar-refractivity contribution in [2.75, 3.05) is 25.0 Å². The van der Waals surface area contributed by atoms with Crippen molar-refractivity contribution in [3.8, 4) is 6.07 Å². The second-order valence-electron chi connectivity index (χ2n) is 8.16. The fourth-order valence-electron chi connectivity index (χ4n) is 4.24. The highest BCUT2D eigenvalue weighted by molar-refractivity contribution is 7.89. The van der Waals surface area contributed by atoms with Crippen LogP contribution in [0.4, 0.5) is 5.00 Å². The minimum absolute atomic E-state index is 0.0908. The number of amides is 1. The summed E-state index contributed by atoms with van der Waals surface area (Å²) in [6.45, 7) is 2.05. The van der Waals surface area contributed by atoms with Gasteiger partial charge in [-0.2, -0.15) is 5.26 Å². The molecule has 1 saturated heterocycles. The second kappa shape index (κ2) is 9.89. The summed E-state index contributed by atoms with van der Waals surface area (Å²) >= 11 is 7.36. The third-order valence-corrected chi connectivity index (χ3v) is 8.97. The van der Waals surface area contributed by atoms with Gasteiger partial charge in [0, 0.05) is 28.9 Å². The highest BCUT2D eigenvalue weighted by atomic mass is 35.5. The van der Waals surface area contributed by atoms with E-state index in [9.17, 15) is 18.5 Å². The summed E-state index contributed by atoms with van der Waals surface area (Å²) in [4.78, 5) is 16.0. The van der Waals surface area contributed by atoms with Gasteiger partial charge in [-0.1, -0.05) is 11.6 Å². The fraction of sp³-hybridized carbons (Fsp3) is 0.455. The number of halogens is 1. The lowest BCUT2D eigenvalue weighted by molar-refractivity contribution is -0.116. The van der Waals surface area contributed by atoms with E-state index < -0.39 is 10.0 Å². The van der Waals surface area contributed by atoms with Gasteiger partial charge < -0.3 is 10.2 Å². The summed E-state index contributed by atoms with van der Waals surface area (Å²) in [6.07, 6.45) is 4.70. The Morgan fingerprint density at radius 3 is 2.62 bits per heavy atom. The maximum Gasteiger partial charge on any atom is 0.240 e. The first-order valence-corrected chi connectivity index (χ1v) is 13.4. The van der Waals surface area contributed by atoms with E-state index in [1.807, 2.05) is 0 Å². The molecule has 0 saturated carbocycles. The number of hydrogen-bond donors (Lipinski definition) is 2. The van der Waals surface area contributed by atoms with Crippen LogP contribution >= 0.6 is 22.9 Å². The van der Waals surface area contributed by atoms with E-state index in [1.165, 1.54) is 28.3 Å². The molecule has 32 heavy (non-hydrogen) atoms. The molecule has 1 fully saturated rings. The largest absolute Gasteiger partial charge is 0.317 e. The van der Waals surface area contributed by atoms with Gasteiger partial charge in [0.2, 0.25) is 15.9 Å². The van der Waals surface area contributed by atoms with Crippen LogP contribution in [-0.4, -0.2) is 44.9 Å². The number of hydrogen-bond acceptors (Lipinski definition) is 6. The van der Waals surface area contributed by atoms with Crippen LogP contribution in [0.1, 0.15) is 41.7 Å². The van der Waals surface area contributed by atoms with Gasteiger partial charge in [-0.25, -0.2) is 13.1 Å². The summed E-state index contributed by atoms with van der Waals surface area (Å²) in [6, 6.07) is 8.24. The third-order valence-electron chi connectivity index (χ3n) is 5.97. The number of likely N-dealkylation sites (tertiary alicyclic amines) is 1. The van der Waals surface area contributed by atoms with Gasteiger partial charge in [-0.05, 0) is 75.0 Å². The van der Waals surface area contributed by atoms with Gasteiger partial charge in [-0.3, -0.25) is 4.79 Å². The number of aryl methyl sites for hydroxylation is 1. The number of fused-ring (bicyclic) bond motifs is 1. The first-order chi connectivity index (χ1) is 15.4. The molecular weight excluding hydrogens is 468 g/mol. The molecule has 2 N–H and O–H groups in total. The first-order valence-electron chi connectivity index (χ1n) is 10.7. The number of carbonyl (C=O) groups excluding carboxylic acids is 1. The molecule has 2 aliphatic rings. The van der Waals surface area contributed by atoms with E-state index >= 15 is 0 Å². The molecular formula is C22H25ClN4O3S2. The molecule has 0 unspecified atom stereocenters. The lowest BCUT2D eigenvalue weighted by Gasteiger charge is -2.32. The lowest BCUT2D eigenvalue weighted by Crippen LogP contribution is -2.45. The Balaban J connectivity index is 1.23. The van der Waals surface area contributed by atoms with Gasteiger partial charge in [-0.15, -0.1) is 11.3 Å². The smallest absolute Gasteiger partial charge is 0.240 e. The minimum atomic E-state index is -3.58. The van der Waals surface area contributed by atoms with Crippen LogP contribution in [0.2, 0.25) is 5.02 Å². The molecule has 1 aromatic carbocycles. The van der Waals surface area contributed by atoms with Crippen LogP contribution in [0.25, 0.3) is 0 Å². The highest BCUT2D eigenvalue weighted by Crippen LogP contribution is 2.38. The summed E-state index contributed by atoms with van der Waals surface area (Å²) in [7, 11) is -3.58. The molecule has 2 heterocycles. The SMILES string of the molecule is N#Cc1c(NC(=O)CCN2CCC(NS(=O)(=O)c3ccc(Cl)cc3)CC2)sc2c1CCC2. The van der Waals surface area contributed by atoms with Crippen molar-refractivity contribution >= 4 is 43.9 Å². The molecule has 2 aromatic rings. The van der Waals surface area contributed by atoms with Gasteiger partial charge in [0.05, 0.1) is 10.5 Å². The molecule has 170 valence electrons. The molecule has 4 rings (SSSR count). The Labute approximate surface area is 197 Å². The fourth-order valence-corrected chi connectivity index (χ4v) is 6.92. The number of benzene rings is 1. The van der Waals surface area contributed by atoms with Crippen molar-refractivity contribution < 1.29 is 13.2 Å². The van der Waals surface area contributed by atoms with Gasteiger partial charge in [0.1, 0.15) is 11.1 Å². The molecule has 0 atom stereocenters. The second-order valence-corrected chi connectivity index (χ2v) is 11.4. The Morgan fingerprint density at radius 2 is 1.94 bits per heavy atom. The highest BCUT2D eigenvalue weighted by Gasteiger charge is 2.26. The zero-order chi connectivity index (χ0) is 22.7. The monoisotopic (exact) mass is 492 g/mol. The number of sulfonamides is 1. The molecule has 0 radical (unpaired) electrons. The van der Waals surface area contributed by atoms with Gasteiger partial charge in [0.25, 0.3) is 0 Å². The molecule has 1 aromatic heterocycles. The Morgan fingerprint density at radius 1 is 1.22 bits per heavy atom. The van der Waals surface area contributed by atoms with Crippen molar-refractivity contribution in [2.45, 2.75) is 49.5 Å². The maximum absolute atomic E-state index is 12.5. The van der Waals surface area contributed by atoms with E-state index in [4.69, 9.17) is 11.6 Å². The van der Waals surface area contributed by atoms with Crippen LogP contribution in [0.15, 0.2) is 29.2 Å². The molecule has 7 nitrogen and oxygen atoms in total. The number of nitrogens with zero attached hydrogens (tertiary/aromatic N) is 2. The standard InChI is InChI=1S/C22H25ClN4O3S2/c23-15-4-6-17(7-5-15)32(29,30)26-16-8-11-27(12-9-16)13-10-21(28)25-22-19(14-24)18-2-1-3-20(18)31-22/h4-7,16,26H,1-3,8-13H2,(H,25,28). The number of carbonyl (C=O) groups is 1. The minimum Gasteiger partial charge on any atom is -0.317 e. The quantitative estimate of drug-likeness (QED) is 0.615. The summed E-state index contributed by atoms with van der Waals surface area (Å²) in [5, 5.41) is 13.5. The molecule has 1 aliphatic carbocycles. The first kappa shape index (κ1) is 23.2. The van der Waals surface area contributed by atoms with Crippen molar-refractivity contribution in [1.29, 1.82) is 5.26 Å². The zero-order valence-corrected chi connectivity index (χ0v) is 20.0. The van der Waals surface area contributed by atoms with Crippen LogP contribution in [0.3, 0.4) is 0 Å². The molecule has 0 bridgehead atoms. The van der Waals surface area contributed by atoms with Crippen molar-refractivity contribution in [3.63, 3.8) is 0 Å². The number of thiophene rings is 1. The van der Waals surface area contributed by atoms with Crippen molar-refractivity contribution in [2.24, 2.45) is 0 Å². The number of nitrogens with one attached hydrogen (secondary N) is 2. The van der Waals surface area contributed by atoms with E-state index in [-0.39, 0.29) is 16.8 Å². The average molecular weight is 493 g/mol. The van der Waals surface area contributed by atoms with Gasteiger partial charge in [0.15, 0.2) is 0 Å². The van der Waals surface area contributed by atoms with Crippen LogP contribution in [0.5, 0.6) is 0 Å². The van der Waals surface area contributed by atoms with Crippen LogP contribution in [0, 0.1) is 11.3 Å². The molecule has 0 spiro atoms. The van der Waals surface area contributed by atoms with E-state index in [0.717, 1.165) is 37.9 Å². The van der Waals surface area contributed by atoms with E-state index in [2.05, 4.69) is 21.0 Å². The number of piperidine rings is 1.